The number of nitrogens with one attached hydrogen (secondary N) is 2. The van der Waals surface area contributed by atoms with Crippen molar-refractivity contribution < 1.29 is 14.3 Å². The van der Waals surface area contributed by atoms with Gasteiger partial charge in [0.2, 0.25) is 0 Å². The van der Waals surface area contributed by atoms with E-state index >= 15 is 0 Å². The van der Waals surface area contributed by atoms with Gasteiger partial charge in [0.15, 0.2) is 11.5 Å². The second kappa shape index (κ2) is 8.57. The molecule has 0 aliphatic carbocycles. The van der Waals surface area contributed by atoms with Crippen LogP contribution in [0.25, 0.3) is 0 Å². The molecule has 2 rings (SSSR count). The average molecular weight is 327 g/mol. The molecule has 2 aromatic carbocycles. The molecule has 0 bridgehead atoms. The summed E-state index contributed by atoms with van der Waals surface area (Å²) in [5.74, 6) is 0.929. The number of nitrogens with zero attached hydrogens (tertiary/aromatic N) is 1. The highest BCUT2D eigenvalue weighted by Crippen LogP contribution is 2.29. The number of aryl methyl sites for hydroxylation is 1. The van der Waals surface area contributed by atoms with E-state index in [9.17, 15) is 4.79 Å². The third kappa shape index (κ3) is 4.74. The summed E-state index contributed by atoms with van der Waals surface area (Å²) in [5, 5.41) is 6.98. The zero-order chi connectivity index (χ0) is 17.4. The topological polar surface area (TPSA) is 72.0 Å². The summed E-state index contributed by atoms with van der Waals surface area (Å²) in [4.78, 5) is 11.8. The van der Waals surface area contributed by atoms with Gasteiger partial charge in [-0.05, 0) is 31.2 Å². The maximum Gasteiger partial charge on any atom is 0.259 e. The molecular formula is C18H21N3O3. The molecule has 0 aromatic heterocycles. The monoisotopic (exact) mass is 327 g/mol. The first kappa shape index (κ1) is 17.3. The van der Waals surface area contributed by atoms with Gasteiger partial charge < -0.3 is 14.8 Å². The summed E-state index contributed by atoms with van der Waals surface area (Å²) in [6.07, 6.45) is 1.52. The molecule has 0 spiro atoms. The number of carbonyl (C=O) groups excluding carboxylic acids is 1. The first-order valence-electron chi connectivity index (χ1n) is 7.47. The van der Waals surface area contributed by atoms with Crippen molar-refractivity contribution in [1.29, 1.82) is 0 Å². The number of hydrogen-bond donors (Lipinski definition) is 2. The van der Waals surface area contributed by atoms with E-state index in [2.05, 4.69) is 15.8 Å². The highest BCUT2D eigenvalue weighted by Gasteiger charge is 2.07. The van der Waals surface area contributed by atoms with Gasteiger partial charge >= 0.3 is 0 Å². The number of amides is 1. The minimum absolute atomic E-state index is 0.135. The number of hydrogen-bond acceptors (Lipinski definition) is 5. The highest BCUT2D eigenvalue weighted by atomic mass is 16.5. The molecule has 2 aromatic rings. The molecule has 0 aliphatic rings. The van der Waals surface area contributed by atoms with E-state index in [4.69, 9.17) is 9.47 Å². The lowest BCUT2D eigenvalue weighted by atomic mass is 10.2. The molecule has 0 aliphatic heterocycles. The summed E-state index contributed by atoms with van der Waals surface area (Å²) < 4.78 is 10.5. The smallest absolute Gasteiger partial charge is 0.259 e. The Labute approximate surface area is 141 Å². The number of methoxy groups -OCH3 is 2. The van der Waals surface area contributed by atoms with Crippen LogP contribution in [0, 0.1) is 6.92 Å². The Morgan fingerprint density at radius 3 is 2.54 bits per heavy atom. The van der Waals surface area contributed by atoms with E-state index in [1.54, 1.807) is 20.3 Å². The van der Waals surface area contributed by atoms with E-state index in [1.807, 2.05) is 43.3 Å². The van der Waals surface area contributed by atoms with E-state index in [0.29, 0.717) is 17.1 Å². The lowest BCUT2D eigenvalue weighted by molar-refractivity contribution is -0.119. The minimum Gasteiger partial charge on any atom is -0.493 e. The van der Waals surface area contributed by atoms with Crippen molar-refractivity contribution in [3.63, 3.8) is 0 Å². The van der Waals surface area contributed by atoms with Crippen LogP contribution in [0.15, 0.2) is 47.6 Å². The number of anilines is 1. The normalized spacial score (nSPS) is 10.5. The number of rotatable bonds is 7. The first-order valence-corrected chi connectivity index (χ1v) is 7.47. The van der Waals surface area contributed by atoms with E-state index in [-0.39, 0.29) is 12.5 Å². The lowest BCUT2D eigenvalue weighted by Crippen LogP contribution is -2.25. The molecule has 0 fully saturated rings. The quantitative estimate of drug-likeness (QED) is 0.606. The van der Waals surface area contributed by atoms with Gasteiger partial charge in [-0.15, -0.1) is 0 Å². The van der Waals surface area contributed by atoms with Gasteiger partial charge in [0, 0.05) is 11.3 Å². The largest absolute Gasteiger partial charge is 0.493 e. The Morgan fingerprint density at radius 1 is 1.12 bits per heavy atom. The fourth-order valence-electron chi connectivity index (χ4n) is 2.08. The Hall–Kier alpha value is -3.02. The summed E-state index contributed by atoms with van der Waals surface area (Å²) >= 11 is 0. The van der Waals surface area contributed by atoms with Gasteiger partial charge in [0.05, 0.1) is 27.0 Å². The predicted molar refractivity (Wildman–Crippen MR) is 95.0 cm³/mol. The summed E-state index contributed by atoms with van der Waals surface area (Å²) in [6, 6.07) is 13.2. The molecule has 1 amide bonds. The molecule has 24 heavy (non-hydrogen) atoms. The van der Waals surface area contributed by atoms with Crippen LogP contribution in [0.1, 0.15) is 11.1 Å². The van der Waals surface area contributed by atoms with Crippen molar-refractivity contribution >= 4 is 17.8 Å². The molecule has 0 saturated carbocycles. The van der Waals surface area contributed by atoms with Crippen molar-refractivity contribution in [1.82, 2.24) is 5.43 Å². The van der Waals surface area contributed by atoms with Crippen LogP contribution in [0.2, 0.25) is 0 Å². The minimum atomic E-state index is -0.242. The molecule has 126 valence electrons. The van der Waals surface area contributed by atoms with Crippen molar-refractivity contribution in [2.45, 2.75) is 6.92 Å². The number of para-hydroxylation sites is 1. The van der Waals surface area contributed by atoms with Crippen LogP contribution in [0.3, 0.4) is 0 Å². The van der Waals surface area contributed by atoms with Crippen molar-refractivity contribution in [2.75, 3.05) is 26.1 Å². The standard InChI is InChI=1S/C18H21N3O3/c1-13-7-9-15(10-8-13)19-12-17(22)21-20-11-14-5-4-6-16(23-2)18(14)24-3/h4-11,19H,12H2,1-3H3,(H,21,22)/b20-11-. The molecule has 0 heterocycles. The van der Waals surface area contributed by atoms with E-state index in [0.717, 1.165) is 5.69 Å². The van der Waals surface area contributed by atoms with Crippen molar-refractivity contribution in [2.24, 2.45) is 5.10 Å². The molecule has 2 N–H and O–H groups in total. The van der Waals surface area contributed by atoms with Crippen LogP contribution < -0.4 is 20.2 Å². The summed E-state index contributed by atoms with van der Waals surface area (Å²) in [7, 11) is 3.12. The maximum atomic E-state index is 11.8. The zero-order valence-corrected chi connectivity index (χ0v) is 14.0. The number of benzene rings is 2. The lowest BCUT2D eigenvalue weighted by Gasteiger charge is -2.09. The highest BCUT2D eigenvalue weighted by molar-refractivity contribution is 5.87. The SMILES string of the molecule is COc1cccc(/C=N\NC(=O)CNc2ccc(C)cc2)c1OC. The van der Waals surface area contributed by atoms with Gasteiger partial charge in [-0.25, -0.2) is 5.43 Å². The van der Waals surface area contributed by atoms with Gasteiger partial charge in [-0.1, -0.05) is 23.8 Å². The second-order valence-corrected chi connectivity index (χ2v) is 5.10. The molecule has 0 radical (unpaired) electrons. The Bertz CT molecular complexity index is 712. The van der Waals surface area contributed by atoms with Crippen molar-refractivity contribution in [3.8, 4) is 11.5 Å². The van der Waals surface area contributed by atoms with Crippen LogP contribution in [-0.2, 0) is 4.79 Å². The number of hydrazone groups is 1. The fraction of sp³-hybridized carbons (Fsp3) is 0.222. The van der Waals surface area contributed by atoms with Crippen LogP contribution in [-0.4, -0.2) is 32.9 Å². The number of carbonyl (C=O) groups is 1. The van der Waals surface area contributed by atoms with Crippen LogP contribution in [0.5, 0.6) is 11.5 Å². The summed E-state index contributed by atoms with van der Waals surface area (Å²) in [6.45, 7) is 2.15. The van der Waals surface area contributed by atoms with E-state index < -0.39 is 0 Å². The number of ether oxygens (including phenoxy) is 2. The van der Waals surface area contributed by atoms with E-state index in [1.165, 1.54) is 11.8 Å². The molecular weight excluding hydrogens is 306 g/mol. The third-order valence-corrected chi connectivity index (χ3v) is 3.33. The molecule has 0 atom stereocenters. The Morgan fingerprint density at radius 2 is 1.88 bits per heavy atom. The van der Waals surface area contributed by atoms with Crippen molar-refractivity contribution in [3.05, 3.63) is 53.6 Å². The Kier molecular flexibility index (Phi) is 6.19. The average Bonchev–Trinajstić information content (AvgIpc) is 2.61. The molecule has 6 heteroatoms. The maximum absolute atomic E-state index is 11.8. The first-order chi connectivity index (χ1) is 11.6. The summed E-state index contributed by atoms with van der Waals surface area (Å²) in [5.41, 5.74) is 5.24. The third-order valence-electron chi connectivity index (χ3n) is 3.33. The molecule has 6 nitrogen and oxygen atoms in total. The zero-order valence-electron chi connectivity index (χ0n) is 14.0. The fourth-order valence-corrected chi connectivity index (χ4v) is 2.08. The predicted octanol–water partition coefficient (Wildman–Crippen LogP) is 2.57. The second-order valence-electron chi connectivity index (χ2n) is 5.10. The molecule has 0 unspecified atom stereocenters. The van der Waals surface area contributed by atoms with Gasteiger partial charge in [-0.3, -0.25) is 4.79 Å². The van der Waals surface area contributed by atoms with Crippen LogP contribution in [0.4, 0.5) is 5.69 Å². The Balaban J connectivity index is 1.89. The van der Waals surface area contributed by atoms with Crippen LogP contribution >= 0.6 is 0 Å². The molecule has 0 saturated heterocycles. The van der Waals surface area contributed by atoms with Gasteiger partial charge in [-0.2, -0.15) is 5.10 Å². The van der Waals surface area contributed by atoms with Gasteiger partial charge in [0.1, 0.15) is 0 Å². The van der Waals surface area contributed by atoms with Gasteiger partial charge in [0.25, 0.3) is 5.91 Å².